The fourth-order valence-electron chi connectivity index (χ4n) is 1.15. The molecular weight excluding hydrogens is 204 g/mol. The van der Waals surface area contributed by atoms with E-state index in [2.05, 4.69) is 10.3 Å². The Morgan fingerprint density at radius 2 is 2.43 bits per heavy atom. The van der Waals surface area contributed by atoms with Gasteiger partial charge in [0.2, 0.25) is 5.88 Å². The van der Waals surface area contributed by atoms with Crippen LogP contribution in [0, 0.1) is 0 Å². The largest absolute Gasteiger partial charge is 0.481 e. The average molecular weight is 217 g/mol. The monoisotopic (exact) mass is 216 g/mol. The Morgan fingerprint density at radius 3 is 3.00 bits per heavy atom. The summed E-state index contributed by atoms with van der Waals surface area (Å²) >= 11 is 5.77. The highest BCUT2D eigenvalue weighted by molar-refractivity contribution is 6.30. The molecule has 1 rings (SSSR count). The van der Waals surface area contributed by atoms with Crippen LogP contribution in [0.4, 0.5) is 0 Å². The van der Waals surface area contributed by atoms with Crippen LogP contribution in [0.3, 0.4) is 0 Å². The molecule has 1 aromatic rings. The molecule has 14 heavy (non-hydrogen) atoms. The van der Waals surface area contributed by atoms with Crippen LogP contribution < -0.4 is 10.1 Å². The summed E-state index contributed by atoms with van der Waals surface area (Å²) < 4.78 is 5.01. The molecule has 0 amide bonds. The van der Waals surface area contributed by atoms with E-state index in [-0.39, 0.29) is 0 Å². The number of pyridine rings is 1. The van der Waals surface area contributed by atoms with Crippen LogP contribution in [0.1, 0.15) is 11.7 Å². The standard InChI is InChI=1S/C9H13ClN2O2/c1-11-5-8(13)7-3-6(10)4-12-9(7)14-2/h3-4,8,11,13H,5H2,1-2H3. The minimum Gasteiger partial charge on any atom is -0.481 e. The number of aliphatic hydroxyl groups is 1. The van der Waals surface area contributed by atoms with Crippen molar-refractivity contribution in [2.45, 2.75) is 6.10 Å². The summed E-state index contributed by atoms with van der Waals surface area (Å²) in [6, 6.07) is 1.65. The Kier molecular flexibility index (Phi) is 4.13. The molecule has 0 bridgehead atoms. The number of ether oxygens (including phenoxy) is 1. The Labute approximate surface area is 87.9 Å². The minimum atomic E-state index is -0.666. The van der Waals surface area contributed by atoms with Crippen LogP contribution in [0.15, 0.2) is 12.3 Å². The van der Waals surface area contributed by atoms with E-state index < -0.39 is 6.10 Å². The fourth-order valence-corrected chi connectivity index (χ4v) is 1.32. The molecule has 1 aromatic heterocycles. The second kappa shape index (κ2) is 5.14. The summed E-state index contributed by atoms with van der Waals surface area (Å²) in [5.74, 6) is 0.400. The van der Waals surface area contributed by atoms with E-state index in [1.165, 1.54) is 13.3 Å². The van der Waals surface area contributed by atoms with Gasteiger partial charge in [0, 0.05) is 18.3 Å². The van der Waals surface area contributed by atoms with Crippen molar-refractivity contribution in [3.63, 3.8) is 0 Å². The number of hydrogen-bond donors (Lipinski definition) is 2. The van der Waals surface area contributed by atoms with E-state index in [1.807, 2.05) is 0 Å². The van der Waals surface area contributed by atoms with Crippen molar-refractivity contribution in [1.29, 1.82) is 0 Å². The lowest BCUT2D eigenvalue weighted by molar-refractivity contribution is 0.172. The summed E-state index contributed by atoms with van der Waals surface area (Å²) in [6.45, 7) is 0.429. The van der Waals surface area contributed by atoms with Crippen molar-refractivity contribution < 1.29 is 9.84 Å². The van der Waals surface area contributed by atoms with E-state index in [4.69, 9.17) is 16.3 Å². The third-order valence-electron chi connectivity index (χ3n) is 1.80. The molecule has 0 aliphatic heterocycles. The van der Waals surface area contributed by atoms with Crippen LogP contribution in [-0.4, -0.2) is 30.8 Å². The highest BCUT2D eigenvalue weighted by Gasteiger charge is 2.13. The molecule has 2 N–H and O–H groups in total. The Morgan fingerprint density at radius 1 is 1.71 bits per heavy atom. The number of nitrogens with zero attached hydrogens (tertiary/aromatic N) is 1. The molecule has 0 aliphatic rings. The lowest BCUT2D eigenvalue weighted by Crippen LogP contribution is -2.17. The van der Waals surface area contributed by atoms with Gasteiger partial charge in [-0.3, -0.25) is 0 Å². The third-order valence-corrected chi connectivity index (χ3v) is 2.00. The zero-order valence-corrected chi connectivity index (χ0v) is 8.88. The van der Waals surface area contributed by atoms with Gasteiger partial charge in [-0.1, -0.05) is 11.6 Å². The van der Waals surface area contributed by atoms with Crippen molar-refractivity contribution in [2.24, 2.45) is 0 Å². The smallest absolute Gasteiger partial charge is 0.219 e. The van der Waals surface area contributed by atoms with Crippen LogP contribution in [-0.2, 0) is 0 Å². The Balaban J connectivity index is 2.97. The number of nitrogens with one attached hydrogen (secondary N) is 1. The molecule has 0 saturated carbocycles. The second-order valence-corrected chi connectivity index (χ2v) is 3.26. The van der Waals surface area contributed by atoms with Crippen LogP contribution >= 0.6 is 11.6 Å². The van der Waals surface area contributed by atoms with Gasteiger partial charge in [-0.15, -0.1) is 0 Å². The van der Waals surface area contributed by atoms with Gasteiger partial charge in [0.25, 0.3) is 0 Å². The molecule has 0 aliphatic carbocycles. The first-order chi connectivity index (χ1) is 6.69. The van der Waals surface area contributed by atoms with E-state index >= 15 is 0 Å². The van der Waals surface area contributed by atoms with Gasteiger partial charge in [0.15, 0.2) is 0 Å². The number of rotatable bonds is 4. The lowest BCUT2D eigenvalue weighted by atomic mass is 10.1. The van der Waals surface area contributed by atoms with E-state index in [9.17, 15) is 5.11 Å². The van der Waals surface area contributed by atoms with Gasteiger partial charge < -0.3 is 15.2 Å². The van der Waals surface area contributed by atoms with Crippen molar-refractivity contribution in [3.05, 3.63) is 22.8 Å². The Bertz CT molecular complexity index is 307. The summed E-state index contributed by atoms with van der Waals surface area (Å²) in [5.41, 5.74) is 0.592. The topological polar surface area (TPSA) is 54.4 Å². The van der Waals surface area contributed by atoms with Crippen LogP contribution in [0.5, 0.6) is 5.88 Å². The molecule has 0 aromatic carbocycles. The van der Waals surface area contributed by atoms with E-state index in [1.54, 1.807) is 13.1 Å². The quantitative estimate of drug-likeness (QED) is 0.789. The molecule has 5 heteroatoms. The lowest BCUT2D eigenvalue weighted by Gasteiger charge is -2.13. The summed E-state index contributed by atoms with van der Waals surface area (Å²) in [5, 5.41) is 13.1. The number of methoxy groups -OCH3 is 1. The van der Waals surface area contributed by atoms with Crippen molar-refractivity contribution in [3.8, 4) is 5.88 Å². The molecule has 0 spiro atoms. The second-order valence-electron chi connectivity index (χ2n) is 2.83. The molecular formula is C9H13ClN2O2. The maximum atomic E-state index is 9.72. The first-order valence-electron chi connectivity index (χ1n) is 4.21. The molecule has 0 fully saturated rings. The SMILES string of the molecule is CNCC(O)c1cc(Cl)cnc1OC. The molecule has 0 radical (unpaired) electrons. The van der Waals surface area contributed by atoms with Gasteiger partial charge in [-0.2, -0.15) is 0 Å². The van der Waals surface area contributed by atoms with E-state index in [0.29, 0.717) is 23.0 Å². The maximum absolute atomic E-state index is 9.72. The molecule has 1 atom stereocenters. The van der Waals surface area contributed by atoms with Crippen molar-refractivity contribution >= 4 is 11.6 Å². The summed E-state index contributed by atoms with van der Waals surface area (Å²) in [6.07, 6.45) is 0.817. The molecule has 1 heterocycles. The fraction of sp³-hybridized carbons (Fsp3) is 0.444. The number of aromatic nitrogens is 1. The van der Waals surface area contributed by atoms with Gasteiger partial charge in [-0.05, 0) is 13.1 Å². The zero-order chi connectivity index (χ0) is 10.6. The number of halogens is 1. The van der Waals surface area contributed by atoms with Crippen molar-refractivity contribution in [2.75, 3.05) is 20.7 Å². The normalized spacial score (nSPS) is 12.6. The minimum absolute atomic E-state index is 0.400. The number of likely N-dealkylation sites (N-methyl/N-ethyl adjacent to an activating group) is 1. The first kappa shape index (κ1) is 11.2. The zero-order valence-electron chi connectivity index (χ0n) is 8.12. The van der Waals surface area contributed by atoms with Gasteiger partial charge in [0.1, 0.15) is 0 Å². The predicted molar refractivity (Wildman–Crippen MR) is 54.7 cm³/mol. The highest BCUT2D eigenvalue weighted by atomic mass is 35.5. The molecule has 78 valence electrons. The van der Waals surface area contributed by atoms with Crippen LogP contribution in [0.25, 0.3) is 0 Å². The summed E-state index contributed by atoms with van der Waals surface area (Å²) in [4.78, 5) is 3.96. The van der Waals surface area contributed by atoms with Gasteiger partial charge >= 0.3 is 0 Å². The van der Waals surface area contributed by atoms with Gasteiger partial charge in [-0.25, -0.2) is 4.98 Å². The molecule has 0 saturated heterocycles. The Hall–Kier alpha value is -0.840. The molecule has 4 nitrogen and oxygen atoms in total. The number of hydrogen-bond acceptors (Lipinski definition) is 4. The third kappa shape index (κ3) is 2.57. The maximum Gasteiger partial charge on any atom is 0.219 e. The predicted octanol–water partition coefficient (Wildman–Crippen LogP) is 0.996. The van der Waals surface area contributed by atoms with E-state index in [0.717, 1.165) is 0 Å². The first-order valence-corrected chi connectivity index (χ1v) is 4.59. The highest BCUT2D eigenvalue weighted by Crippen LogP contribution is 2.25. The van der Waals surface area contributed by atoms with Crippen LogP contribution in [0.2, 0.25) is 5.02 Å². The number of aliphatic hydroxyl groups excluding tert-OH is 1. The van der Waals surface area contributed by atoms with Crippen molar-refractivity contribution in [1.82, 2.24) is 10.3 Å². The summed E-state index contributed by atoms with van der Waals surface area (Å²) in [7, 11) is 3.26. The van der Waals surface area contributed by atoms with Gasteiger partial charge in [0.05, 0.1) is 18.2 Å². The average Bonchev–Trinajstić information content (AvgIpc) is 2.18. The molecule has 1 unspecified atom stereocenters.